The smallest absolute Gasteiger partial charge is 0.243 e. The van der Waals surface area contributed by atoms with Crippen LogP contribution >= 0.6 is 0 Å². The molecule has 0 aliphatic carbocycles. The summed E-state index contributed by atoms with van der Waals surface area (Å²) in [5, 5.41) is 1.75. The van der Waals surface area contributed by atoms with Gasteiger partial charge in [-0.25, -0.2) is 8.42 Å². The van der Waals surface area contributed by atoms with E-state index in [1.54, 1.807) is 10.4 Å². The van der Waals surface area contributed by atoms with E-state index in [4.69, 9.17) is 5.73 Å². The molecule has 1 saturated heterocycles. The predicted octanol–water partition coefficient (Wildman–Crippen LogP) is 2.20. The van der Waals surface area contributed by atoms with E-state index in [0.29, 0.717) is 30.4 Å². The minimum absolute atomic E-state index is 0.389. The molecule has 0 saturated carbocycles. The topological polar surface area (TPSA) is 63.4 Å². The van der Waals surface area contributed by atoms with Gasteiger partial charge >= 0.3 is 0 Å². The molecular weight excluding hydrogens is 284 g/mol. The third-order valence-electron chi connectivity index (χ3n) is 4.19. The summed E-state index contributed by atoms with van der Waals surface area (Å²) in [6.07, 6.45) is 1.79. The Labute approximate surface area is 125 Å². The van der Waals surface area contributed by atoms with Crippen LogP contribution in [-0.2, 0) is 10.0 Å². The van der Waals surface area contributed by atoms with Gasteiger partial charge in [0.05, 0.1) is 4.90 Å². The zero-order chi connectivity index (χ0) is 14.9. The molecule has 1 atom stereocenters. The van der Waals surface area contributed by atoms with E-state index in [1.165, 1.54) is 0 Å². The van der Waals surface area contributed by atoms with Crippen LogP contribution in [0.4, 0.5) is 0 Å². The number of hydrogen-bond donors (Lipinski definition) is 1. The van der Waals surface area contributed by atoms with Gasteiger partial charge in [0.2, 0.25) is 10.0 Å². The predicted molar refractivity (Wildman–Crippen MR) is 84.5 cm³/mol. The minimum Gasteiger partial charge on any atom is -0.330 e. The van der Waals surface area contributed by atoms with Crippen molar-refractivity contribution in [3.63, 3.8) is 0 Å². The van der Waals surface area contributed by atoms with Crippen molar-refractivity contribution in [2.24, 2.45) is 11.7 Å². The molecule has 3 rings (SSSR count). The van der Waals surface area contributed by atoms with Crippen molar-refractivity contribution in [3.05, 3.63) is 42.5 Å². The van der Waals surface area contributed by atoms with Crippen LogP contribution in [0, 0.1) is 5.92 Å². The zero-order valence-electron chi connectivity index (χ0n) is 11.9. The highest BCUT2D eigenvalue weighted by Crippen LogP contribution is 2.30. The molecule has 5 heteroatoms. The SMILES string of the molecule is NCCC1CCN(S(=O)(=O)c2cccc3ccccc23)C1. The zero-order valence-corrected chi connectivity index (χ0v) is 12.7. The van der Waals surface area contributed by atoms with Crippen molar-refractivity contribution in [3.8, 4) is 0 Å². The summed E-state index contributed by atoms with van der Waals surface area (Å²) >= 11 is 0. The molecule has 0 bridgehead atoms. The Kier molecular flexibility index (Phi) is 3.97. The maximum absolute atomic E-state index is 12.9. The molecule has 2 aromatic carbocycles. The molecule has 112 valence electrons. The lowest BCUT2D eigenvalue weighted by molar-refractivity contribution is 0.449. The summed E-state index contributed by atoms with van der Waals surface area (Å²) in [5.74, 6) is 0.389. The lowest BCUT2D eigenvalue weighted by atomic mass is 10.1. The quantitative estimate of drug-likeness (QED) is 0.942. The number of hydrogen-bond acceptors (Lipinski definition) is 3. The van der Waals surface area contributed by atoms with Crippen molar-refractivity contribution in [1.29, 1.82) is 0 Å². The van der Waals surface area contributed by atoms with E-state index >= 15 is 0 Å². The fourth-order valence-electron chi connectivity index (χ4n) is 3.05. The van der Waals surface area contributed by atoms with Crippen molar-refractivity contribution in [2.75, 3.05) is 19.6 Å². The summed E-state index contributed by atoms with van der Waals surface area (Å²) in [6, 6.07) is 13.1. The highest BCUT2D eigenvalue weighted by molar-refractivity contribution is 7.89. The fourth-order valence-corrected chi connectivity index (χ4v) is 4.79. The summed E-state index contributed by atoms with van der Waals surface area (Å²) in [4.78, 5) is 0.411. The van der Waals surface area contributed by atoms with E-state index in [1.807, 2.05) is 36.4 Å². The van der Waals surface area contributed by atoms with Gasteiger partial charge in [0, 0.05) is 18.5 Å². The lowest BCUT2D eigenvalue weighted by Gasteiger charge is -2.18. The molecule has 21 heavy (non-hydrogen) atoms. The highest BCUT2D eigenvalue weighted by atomic mass is 32.2. The number of benzene rings is 2. The van der Waals surface area contributed by atoms with Gasteiger partial charge in [0.25, 0.3) is 0 Å². The van der Waals surface area contributed by atoms with Crippen LogP contribution in [0.2, 0.25) is 0 Å². The molecule has 2 N–H and O–H groups in total. The summed E-state index contributed by atoms with van der Waals surface area (Å²) in [7, 11) is -3.42. The Morgan fingerprint density at radius 3 is 2.71 bits per heavy atom. The molecule has 1 aliphatic heterocycles. The summed E-state index contributed by atoms with van der Waals surface area (Å²) in [6.45, 7) is 1.80. The first-order chi connectivity index (χ1) is 10.1. The maximum atomic E-state index is 12.9. The molecule has 0 amide bonds. The van der Waals surface area contributed by atoms with Gasteiger partial charge in [-0.1, -0.05) is 36.4 Å². The first-order valence-electron chi connectivity index (χ1n) is 7.31. The average molecular weight is 304 g/mol. The molecule has 1 unspecified atom stereocenters. The van der Waals surface area contributed by atoms with Crippen LogP contribution < -0.4 is 5.73 Å². The van der Waals surface area contributed by atoms with Crippen molar-refractivity contribution < 1.29 is 8.42 Å². The second-order valence-corrected chi connectivity index (χ2v) is 7.48. The van der Waals surface area contributed by atoms with Crippen LogP contribution in [0.25, 0.3) is 10.8 Å². The molecule has 0 spiro atoms. The third kappa shape index (κ3) is 2.69. The molecule has 4 nitrogen and oxygen atoms in total. The highest BCUT2D eigenvalue weighted by Gasteiger charge is 2.32. The molecule has 0 radical (unpaired) electrons. The Hall–Kier alpha value is -1.43. The number of sulfonamides is 1. The molecule has 1 heterocycles. The second-order valence-electron chi connectivity index (χ2n) is 5.57. The fraction of sp³-hybridized carbons (Fsp3) is 0.375. The minimum atomic E-state index is -3.42. The summed E-state index contributed by atoms with van der Waals surface area (Å²) in [5.41, 5.74) is 5.58. The van der Waals surface area contributed by atoms with E-state index in [0.717, 1.165) is 23.6 Å². The third-order valence-corrected chi connectivity index (χ3v) is 6.11. The van der Waals surface area contributed by atoms with Gasteiger partial charge in [-0.3, -0.25) is 0 Å². The molecular formula is C16H20N2O2S. The van der Waals surface area contributed by atoms with Gasteiger partial charge in [-0.15, -0.1) is 0 Å². The first-order valence-corrected chi connectivity index (χ1v) is 8.75. The molecule has 0 aromatic heterocycles. The van der Waals surface area contributed by atoms with Crippen molar-refractivity contribution in [1.82, 2.24) is 4.31 Å². The molecule has 1 aliphatic rings. The largest absolute Gasteiger partial charge is 0.330 e. The average Bonchev–Trinajstić information content (AvgIpc) is 2.96. The van der Waals surface area contributed by atoms with Crippen LogP contribution in [0.1, 0.15) is 12.8 Å². The standard InChI is InChI=1S/C16H20N2O2S/c17-10-8-13-9-11-18(12-13)21(19,20)16-7-3-5-14-4-1-2-6-15(14)16/h1-7,13H,8-12,17H2. The van der Waals surface area contributed by atoms with E-state index in [-0.39, 0.29) is 0 Å². The Bertz CT molecular complexity index is 738. The van der Waals surface area contributed by atoms with Crippen molar-refractivity contribution >= 4 is 20.8 Å². The number of rotatable bonds is 4. The van der Waals surface area contributed by atoms with Gasteiger partial charge in [-0.05, 0) is 36.8 Å². The van der Waals surface area contributed by atoms with Crippen molar-refractivity contribution in [2.45, 2.75) is 17.7 Å². The Morgan fingerprint density at radius 2 is 1.90 bits per heavy atom. The van der Waals surface area contributed by atoms with Crippen LogP contribution in [0.15, 0.2) is 47.4 Å². The van der Waals surface area contributed by atoms with Crippen LogP contribution in [0.3, 0.4) is 0 Å². The number of fused-ring (bicyclic) bond motifs is 1. The van der Waals surface area contributed by atoms with Gasteiger partial charge in [0.1, 0.15) is 0 Å². The monoisotopic (exact) mass is 304 g/mol. The molecule has 2 aromatic rings. The van der Waals surface area contributed by atoms with E-state index in [9.17, 15) is 8.42 Å². The maximum Gasteiger partial charge on any atom is 0.243 e. The second kappa shape index (κ2) is 5.75. The first kappa shape index (κ1) is 14.5. The van der Waals surface area contributed by atoms with Crippen LogP contribution in [-0.4, -0.2) is 32.4 Å². The van der Waals surface area contributed by atoms with Crippen LogP contribution in [0.5, 0.6) is 0 Å². The van der Waals surface area contributed by atoms with Gasteiger partial charge < -0.3 is 5.73 Å². The Balaban J connectivity index is 1.98. The normalized spacial score (nSPS) is 20.1. The van der Waals surface area contributed by atoms with Gasteiger partial charge in [-0.2, -0.15) is 4.31 Å². The summed E-state index contributed by atoms with van der Waals surface area (Å²) < 4.78 is 27.4. The number of nitrogens with zero attached hydrogens (tertiary/aromatic N) is 1. The molecule has 1 fully saturated rings. The van der Waals surface area contributed by atoms with E-state index < -0.39 is 10.0 Å². The van der Waals surface area contributed by atoms with E-state index in [2.05, 4.69) is 0 Å². The van der Waals surface area contributed by atoms with Gasteiger partial charge in [0.15, 0.2) is 0 Å². The lowest BCUT2D eigenvalue weighted by Crippen LogP contribution is -2.29. The number of nitrogens with two attached hydrogens (primary N) is 1. The Morgan fingerprint density at radius 1 is 1.14 bits per heavy atom.